The van der Waals surface area contributed by atoms with Gasteiger partial charge in [-0.3, -0.25) is 4.79 Å². The van der Waals surface area contributed by atoms with Gasteiger partial charge in [-0.2, -0.15) is 0 Å². The Morgan fingerprint density at radius 2 is 2.00 bits per heavy atom. The maximum Gasteiger partial charge on any atom is 0.173 e. The van der Waals surface area contributed by atoms with Gasteiger partial charge < -0.3 is 4.79 Å². The monoisotopic (exact) mass is 174 g/mol. The van der Waals surface area contributed by atoms with E-state index >= 15 is 0 Å². The van der Waals surface area contributed by atoms with Crippen LogP contribution in [-0.4, -0.2) is 12.1 Å². The molecular formula is C11H10O2. The number of fused-ring (bicyclic) bond motifs is 1. The Kier molecular flexibility index (Phi) is 1.76. The summed E-state index contributed by atoms with van der Waals surface area (Å²) in [6.45, 7) is 1.92. The summed E-state index contributed by atoms with van der Waals surface area (Å²) in [5.74, 6) is -0.448. The molecule has 2 rings (SSSR count). The minimum absolute atomic E-state index is 0.0295. The van der Waals surface area contributed by atoms with E-state index in [1.807, 2.05) is 25.1 Å². The molecule has 66 valence electrons. The van der Waals surface area contributed by atoms with Gasteiger partial charge in [0.15, 0.2) is 5.78 Å². The number of carbonyl (C=O) groups excluding carboxylic acids is 2. The summed E-state index contributed by atoms with van der Waals surface area (Å²) in [6.07, 6.45) is 0.757. The number of hydrogen-bond donors (Lipinski definition) is 0. The van der Waals surface area contributed by atoms with Gasteiger partial charge in [-0.1, -0.05) is 31.2 Å². The second-order valence-corrected chi connectivity index (χ2v) is 3.40. The molecule has 2 unspecified atom stereocenters. The molecule has 0 radical (unpaired) electrons. The maximum atomic E-state index is 11.6. The van der Waals surface area contributed by atoms with Gasteiger partial charge in [-0.05, 0) is 11.5 Å². The average molecular weight is 174 g/mol. The smallest absolute Gasteiger partial charge is 0.173 e. The molecule has 0 saturated heterocycles. The number of carbonyl (C=O) groups is 2. The van der Waals surface area contributed by atoms with Crippen LogP contribution in [-0.2, 0) is 4.79 Å². The standard InChI is InChI=1S/C11H10O2/c1-7-8-4-2-3-5-9(8)11(13)10(7)6-12/h2-7,10H,1H3. The Hall–Kier alpha value is -1.44. The van der Waals surface area contributed by atoms with Crippen molar-refractivity contribution in [3.8, 4) is 0 Å². The van der Waals surface area contributed by atoms with Crippen molar-refractivity contribution < 1.29 is 9.59 Å². The van der Waals surface area contributed by atoms with Crippen LogP contribution in [0, 0.1) is 5.92 Å². The van der Waals surface area contributed by atoms with Crippen LogP contribution in [0.1, 0.15) is 28.8 Å². The van der Waals surface area contributed by atoms with Crippen molar-refractivity contribution >= 4 is 12.1 Å². The summed E-state index contributed by atoms with van der Waals surface area (Å²) in [7, 11) is 0. The molecule has 0 N–H and O–H groups in total. The molecule has 2 atom stereocenters. The first kappa shape index (κ1) is 8.17. The van der Waals surface area contributed by atoms with Crippen LogP contribution in [0.2, 0.25) is 0 Å². The first-order valence-electron chi connectivity index (χ1n) is 4.34. The fraction of sp³-hybridized carbons (Fsp3) is 0.273. The van der Waals surface area contributed by atoms with E-state index in [2.05, 4.69) is 0 Å². The second kappa shape index (κ2) is 2.80. The number of rotatable bonds is 1. The van der Waals surface area contributed by atoms with Crippen molar-refractivity contribution in [3.63, 3.8) is 0 Å². The third-order valence-electron chi connectivity index (χ3n) is 2.70. The van der Waals surface area contributed by atoms with Crippen molar-refractivity contribution in [2.75, 3.05) is 0 Å². The van der Waals surface area contributed by atoms with Gasteiger partial charge in [0.05, 0.1) is 5.92 Å². The number of Topliss-reactive ketones (excluding diaryl/α,β-unsaturated/α-hetero) is 1. The molecule has 0 spiro atoms. The zero-order valence-corrected chi connectivity index (χ0v) is 7.36. The van der Waals surface area contributed by atoms with Gasteiger partial charge in [0.2, 0.25) is 0 Å². The zero-order chi connectivity index (χ0) is 9.42. The highest BCUT2D eigenvalue weighted by atomic mass is 16.1. The highest BCUT2D eigenvalue weighted by molar-refractivity contribution is 6.10. The van der Waals surface area contributed by atoms with Crippen molar-refractivity contribution in [2.45, 2.75) is 12.8 Å². The van der Waals surface area contributed by atoms with Crippen LogP contribution in [0.4, 0.5) is 0 Å². The highest BCUT2D eigenvalue weighted by Gasteiger charge is 2.36. The fourth-order valence-electron chi connectivity index (χ4n) is 1.90. The largest absolute Gasteiger partial charge is 0.303 e. The second-order valence-electron chi connectivity index (χ2n) is 3.40. The lowest BCUT2D eigenvalue weighted by Gasteiger charge is -2.05. The lowest BCUT2D eigenvalue weighted by Crippen LogP contribution is -2.12. The SMILES string of the molecule is CC1c2ccccc2C(=O)C1C=O. The maximum absolute atomic E-state index is 11.6. The molecule has 2 heteroatoms. The topological polar surface area (TPSA) is 34.1 Å². The van der Waals surface area contributed by atoms with E-state index in [9.17, 15) is 9.59 Å². The molecule has 13 heavy (non-hydrogen) atoms. The van der Waals surface area contributed by atoms with E-state index in [4.69, 9.17) is 0 Å². The lowest BCUT2D eigenvalue weighted by atomic mass is 9.96. The quantitative estimate of drug-likeness (QED) is 0.480. The molecule has 1 aromatic carbocycles. The minimum Gasteiger partial charge on any atom is -0.303 e. The molecule has 0 aromatic heterocycles. The molecule has 0 bridgehead atoms. The molecule has 0 fully saturated rings. The van der Waals surface area contributed by atoms with Crippen LogP contribution in [0.15, 0.2) is 24.3 Å². The van der Waals surface area contributed by atoms with Gasteiger partial charge in [-0.25, -0.2) is 0 Å². The normalized spacial score (nSPS) is 25.8. The summed E-state index contributed by atoms with van der Waals surface area (Å²) >= 11 is 0. The molecule has 0 saturated carbocycles. The molecule has 2 nitrogen and oxygen atoms in total. The van der Waals surface area contributed by atoms with E-state index in [0.717, 1.165) is 11.8 Å². The molecule has 1 aromatic rings. The third kappa shape index (κ3) is 1.02. The zero-order valence-electron chi connectivity index (χ0n) is 7.36. The first-order chi connectivity index (χ1) is 6.25. The molecule has 1 aliphatic carbocycles. The number of benzene rings is 1. The third-order valence-corrected chi connectivity index (χ3v) is 2.70. The number of hydrogen-bond acceptors (Lipinski definition) is 2. The van der Waals surface area contributed by atoms with Gasteiger partial charge in [0.1, 0.15) is 6.29 Å². The predicted octanol–water partition coefficient (Wildman–Crippen LogP) is 1.80. The van der Waals surface area contributed by atoms with Crippen LogP contribution in [0.25, 0.3) is 0 Å². The summed E-state index contributed by atoms with van der Waals surface area (Å²) in [5.41, 5.74) is 1.72. The van der Waals surface area contributed by atoms with Gasteiger partial charge >= 0.3 is 0 Å². The van der Waals surface area contributed by atoms with E-state index in [1.54, 1.807) is 6.07 Å². The summed E-state index contributed by atoms with van der Waals surface area (Å²) in [4.78, 5) is 22.3. The Labute approximate surface area is 76.6 Å². The Bertz CT molecular complexity index is 368. The van der Waals surface area contributed by atoms with Crippen LogP contribution in [0.3, 0.4) is 0 Å². The minimum atomic E-state index is -0.461. The van der Waals surface area contributed by atoms with Crippen molar-refractivity contribution in [3.05, 3.63) is 35.4 Å². The molecule has 1 aliphatic rings. The summed E-state index contributed by atoms with van der Waals surface area (Å²) < 4.78 is 0. The summed E-state index contributed by atoms with van der Waals surface area (Å²) in [6, 6.07) is 7.44. The van der Waals surface area contributed by atoms with E-state index in [1.165, 1.54) is 0 Å². The molecule has 0 amide bonds. The first-order valence-corrected chi connectivity index (χ1v) is 4.34. The van der Waals surface area contributed by atoms with Crippen molar-refractivity contribution in [1.29, 1.82) is 0 Å². The Morgan fingerprint density at radius 1 is 1.31 bits per heavy atom. The predicted molar refractivity (Wildman–Crippen MR) is 48.7 cm³/mol. The van der Waals surface area contributed by atoms with Gasteiger partial charge in [0, 0.05) is 5.56 Å². The van der Waals surface area contributed by atoms with Crippen molar-refractivity contribution in [2.24, 2.45) is 5.92 Å². The van der Waals surface area contributed by atoms with E-state index < -0.39 is 5.92 Å². The molecule has 0 heterocycles. The summed E-state index contributed by atoms with van der Waals surface area (Å²) in [5, 5.41) is 0. The molecule has 0 aliphatic heterocycles. The van der Waals surface area contributed by atoms with Gasteiger partial charge in [0.25, 0.3) is 0 Å². The van der Waals surface area contributed by atoms with Crippen LogP contribution < -0.4 is 0 Å². The van der Waals surface area contributed by atoms with Gasteiger partial charge in [-0.15, -0.1) is 0 Å². The van der Waals surface area contributed by atoms with Crippen LogP contribution in [0.5, 0.6) is 0 Å². The highest BCUT2D eigenvalue weighted by Crippen LogP contribution is 2.35. The molecular weight excluding hydrogens is 164 g/mol. The average Bonchev–Trinajstić information content (AvgIpc) is 2.41. The Balaban J connectivity index is 2.56. The van der Waals surface area contributed by atoms with Crippen molar-refractivity contribution in [1.82, 2.24) is 0 Å². The number of aldehydes is 1. The van der Waals surface area contributed by atoms with E-state index in [-0.39, 0.29) is 11.7 Å². The number of ketones is 1. The fourth-order valence-corrected chi connectivity index (χ4v) is 1.90. The van der Waals surface area contributed by atoms with Crippen LogP contribution >= 0.6 is 0 Å². The lowest BCUT2D eigenvalue weighted by molar-refractivity contribution is -0.110. The Morgan fingerprint density at radius 3 is 2.62 bits per heavy atom. The van der Waals surface area contributed by atoms with E-state index in [0.29, 0.717) is 5.56 Å².